The maximum absolute atomic E-state index is 12.7. The van der Waals surface area contributed by atoms with Gasteiger partial charge in [-0.15, -0.1) is 0 Å². The van der Waals surface area contributed by atoms with Gasteiger partial charge in [0.2, 0.25) is 11.9 Å². The lowest BCUT2D eigenvalue weighted by atomic mass is 10.1. The summed E-state index contributed by atoms with van der Waals surface area (Å²) in [5, 5.41) is 7.64. The van der Waals surface area contributed by atoms with Gasteiger partial charge in [0.05, 0.1) is 0 Å². The van der Waals surface area contributed by atoms with Gasteiger partial charge in [0.25, 0.3) is 5.91 Å². The van der Waals surface area contributed by atoms with Crippen molar-refractivity contribution in [3.8, 4) is 0 Å². The number of amides is 1. The van der Waals surface area contributed by atoms with Gasteiger partial charge < -0.3 is 4.98 Å². The quantitative estimate of drug-likeness (QED) is 0.306. The highest BCUT2D eigenvalue weighted by molar-refractivity contribution is 6.31. The normalized spacial score (nSPS) is 11.5. The van der Waals surface area contributed by atoms with E-state index in [2.05, 4.69) is 30.6 Å². The number of H-pyrrole nitrogens is 1. The fraction of sp³-hybridized carbons (Fsp3) is 0.167. The summed E-state index contributed by atoms with van der Waals surface area (Å²) in [4.78, 5) is 29.3. The number of benzene rings is 2. The lowest BCUT2D eigenvalue weighted by Gasteiger charge is -2.11. The van der Waals surface area contributed by atoms with Crippen molar-refractivity contribution in [2.75, 3.05) is 11.9 Å². The van der Waals surface area contributed by atoms with E-state index in [1.807, 2.05) is 62.5 Å². The molecule has 0 unspecified atom stereocenters. The lowest BCUT2D eigenvalue weighted by molar-refractivity contribution is 0.0977. The zero-order valence-electron chi connectivity index (χ0n) is 17.8. The van der Waals surface area contributed by atoms with Gasteiger partial charge >= 0.3 is 0 Å². The van der Waals surface area contributed by atoms with Gasteiger partial charge in [0, 0.05) is 45.6 Å². The third-order valence-electron chi connectivity index (χ3n) is 4.86. The van der Waals surface area contributed by atoms with E-state index in [4.69, 9.17) is 11.6 Å². The number of nitrogens with zero attached hydrogens (tertiary/aromatic N) is 3. The molecule has 0 fully saturated rings. The van der Waals surface area contributed by atoms with Crippen molar-refractivity contribution in [3.63, 3.8) is 0 Å². The number of aromatic nitrogens is 3. The molecule has 0 spiro atoms. The molecule has 0 bridgehead atoms. The minimum absolute atomic E-state index is 0.264. The summed E-state index contributed by atoms with van der Waals surface area (Å²) in [6.07, 6.45) is 2.62. The molecule has 2 aromatic carbocycles. The predicted molar refractivity (Wildman–Crippen MR) is 128 cm³/mol. The van der Waals surface area contributed by atoms with Crippen LogP contribution in [0.15, 0.2) is 65.8 Å². The highest BCUT2D eigenvalue weighted by atomic mass is 35.5. The van der Waals surface area contributed by atoms with Crippen LogP contribution in [0.5, 0.6) is 0 Å². The number of nitrogens with one attached hydrogen (secondary N) is 3. The average molecular weight is 447 g/mol. The van der Waals surface area contributed by atoms with Crippen LogP contribution >= 0.6 is 11.6 Å². The van der Waals surface area contributed by atoms with Crippen molar-refractivity contribution in [2.24, 2.45) is 4.99 Å². The Kier molecular flexibility index (Phi) is 6.47. The Morgan fingerprint density at radius 1 is 1.06 bits per heavy atom. The van der Waals surface area contributed by atoms with Crippen LogP contribution in [-0.4, -0.2) is 33.4 Å². The summed E-state index contributed by atoms with van der Waals surface area (Å²) in [7, 11) is 0. The van der Waals surface area contributed by atoms with Crippen LogP contribution in [0, 0.1) is 13.8 Å². The van der Waals surface area contributed by atoms with Crippen molar-refractivity contribution in [3.05, 3.63) is 88.3 Å². The molecule has 0 aliphatic heterocycles. The van der Waals surface area contributed by atoms with Gasteiger partial charge in [0.1, 0.15) is 0 Å². The molecule has 2 aromatic heterocycles. The maximum atomic E-state index is 12.7. The van der Waals surface area contributed by atoms with E-state index in [1.165, 1.54) is 0 Å². The molecule has 2 heterocycles. The molecule has 7 nitrogen and oxygen atoms in total. The van der Waals surface area contributed by atoms with Gasteiger partial charge in [-0.3, -0.25) is 20.4 Å². The number of carbonyl (C=O) groups excluding carboxylic acids is 1. The number of aryl methyl sites for hydroxylation is 2. The number of aliphatic imine (C=N–C) groups is 1. The third kappa shape index (κ3) is 5.31. The highest BCUT2D eigenvalue weighted by Crippen LogP contribution is 2.22. The number of hydrogen-bond donors (Lipinski definition) is 3. The van der Waals surface area contributed by atoms with Crippen molar-refractivity contribution < 1.29 is 4.79 Å². The monoisotopic (exact) mass is 446 g/mol. The highest BCUT2D eigenvalue weighted by Gasteiger charge is 2.11. The number of fused-ring (bicyclic) bond motifs is 1. The zero-order chi connectivity index (χ0) is 22.5. The minimum Gasteiger partial charge on any atom is -0.361 e. The van der Waals surface area contributed by atoms with Crippen molar-refractivity contribution in [1.82, 2.24) is 20.3 Å². The van der Waals surface area contributed by atoms with E-state index in [1.54, 1.807) is 12.1 Å². The first-order valence-electron chi connectivity index (χ1n) is 10.2. The zero-order valence-corrected chi connectivity index (χ0v) is 18.6. The Morgan fingerprint density at radius 3 is 2.56 bits per heavy atom. The molecule has 0 aliphatic rings. The molecule has 4 rings (SSSR count). The van der Waals surface area contributed by atoms with Gasteiger partial charge in [-0.25, -0.2) is 9.97 Å². The van der Waals surface area contributed by atoms with E-state index in [9.17, 15) is 4.79 Å². The molecule has 0 saturated carbocycles. The van der Waals surface area contributed by atoms with Crippen molar-refractivity contribution in [2.45, 2.75) is 20.3 Å². The Labute approximate surface area is 191 Å². The number of guanidine groups is 1. The first-order chi connectivity index (χ1) is 15.5. The SMILES string of the molecule is Cc1cc(C)nc(NC(=NCCc2c[nH]c3ccc(Cl)cc23)NC(=O)c2ccccc2)n1. The van der Waals surface area contributed by atoms with E-state index in [-0.39, 0.29) is 5.91 Å². The summed E-state index contributed by atoms with van der Waals surface area (Å²) in [5.74, 6) is 0.412. The lowest BCUT2D eigenvalue weighted by Crippen LogP contribution is -2.36. The Bertz CT molecular complexity index is 1260. The fourth-order valence-corrected chi connectivity index (χ4v) is 3.59. The second-order valence-electron chi connectivity index (χ2n) is 7.40. The maximum Gasteiger partial charge on any atom is 0.257 e. The molecule has 0 radical (unpaired) electrons. The number of anilines is 1. The molecular weight excluding hydrogens is 424 g/mol. The Morgan fingerprint density at radius 2 is 1.81 bits per heavy atom. The molecule has 0 saturated heterocycles. The minimum atomic E-state index is -0.264. The van der Waals surface area contributed by atoms with E-state index in [0.717, 1.165) is 27.9 Å². The molecule has 4 aromatic rings. The van der Waals surface area contributed by atoms with Crippen LogP contribution in [-0.2, 0) is 6.42 Å². The van der Waals surface area contributed by atoms with Gasteiger partial charge in [-0.1, -0.05) is 29.8 Å². The second-order valence-corrected chi connectivity index (χ2v) is 7.84. The number of aromatic amines is 1. The smallest absolute Gasteiger partial charge is 0.257 e. The molecule has 3 N–H and O–H groups in total. The number of carbonyl (C=O) groups is 1. The van der Waals surface area contributed by atoms with E-state index < -0.39 is 0 Å². The average Bonchev–Trinajstić information content (AvgIpc) is 3.15. The number of halogens is 1. The van der Waals surface area contributed by atoms with Crippen LogP contribution < -0.4 is 10.6 Å². The first-order valence-corrected chi connectivity index (χ1v) is 10.6. The van der Waals surface area contributed by atoms with Gasteiger partial charge in [-0.2, -0.15) is 0 Å². The molecule has 162 valence electrons. The molecular formula is C24H23ClN6O. The summed E-state index contributed by atoms with van der Waals surface area (Å²) >= 11 is 6.15. The second kappa shape index (κ2) is 9.62. The van der Waals surface area contributed by atoms with Gasteiger partial charge in [0.15, 0.2) is 0 Å². The third-order valence-corrected chi connectivity index (χ3v) is 5.10. The van der Waals surface area contributed by atoms with Crippen LogP contribution in [0.2, 0.25) is 5.02 Å². The molecule has 1 amide bonds. The molecule has 0 aliphatic carbocycles. The summed E-state index contributed by atoms with van der Waals surface area (Å²) < 4.78 is 0. The molecule has 32 heavy (non-hydrogen) atoms. The first kappa shape index (κ1) is 21.5. The van der Waals surface area contributed by atoms with Crippen molar-refractivity contribution >= 4 is 40.3 Å². The summed E-state index contributed by atoms with van der Waals surface area (Å²) in [6.45, 7) is 4.23. The largest absolute Gasteiger partial charge is 0.361 e. The summed E-state index contributed by atoms with van der Waals surface area (Å²) in [6, 6.07) is 16.6. The van der Waals surface area contributed by atoms with E-state index in [0.29, 0.717) is 35.5 Å². The van der Waals surface area contributed by atoms with Gasteiger partial charge in [-0.05, 0) is 62.2 Å². The fourth-order valence-electron chi connectivity index (χ4n) is 3.41. The number of hydrogen-bond acceptors (Lipinski definition) is 4. The van der Waals surface area contributed by atoms with Crippen LogP contribution in [0.4, 0.5) is 5.95 Å². The Hall–Kier alpha value is -3.71. The van der Waals surface area contributed by atoms with Crippen LogP contribution in [0.1, 0.15) is 27.3 Å². The standard InChI is InChI=1S/C24H23ClN6O/c1-15-12-16(2)29-24(28-15)31-23(30-22(32)17-6-4-3-5-7-17)26-11-10-18-14-27-21-9-8-19(25)13-20(18)21/h3-9,12-14,27H,10-11H2,1-2H3,(H2,26,28,29,30,31,32). The summed E-state index contributed by atoms with van der Waals surface area (Å²) in [5.41, 5.74) is 4.30. The Balaban J connectivity index is 1.54. The topological polar surface area (TPSA) is 95.1 Å². The van der Waals surface area contributed by atoms with Crippen LogP contribution in [0.3, 0.4) is 0 Å². The van der Waals surface area contributed by atoms with Crippen molar-refractivity contribution in [1.29, 1.82) is 0 Å². The van der Waals surface area contributed by atoms with Crippen LogP contribution in [0.25, 0.3) is 10.9 Å². The molecule has 0 atom stereocenters. The molecule has 8 heteroatoms. The van der Waals surface area contributed by atoms with E-state index >= 15 is 0 Å². The number of rotatable bonds is 5. The predicted octanol–water partition coefficient (Wildman–Crippen LogP) is 4.67.